The van der Waals surface area contributed by atoms with Crippen molar-refractivity contribution in [3.8, 4) is 17.2 Å². The molecule has 5 N–H and O–H groups in total. The number of ether oxygens (including phenoxy) is 2. The van der Waals surface area contributed by atoms with Crippen LogP contribution in [0.1, 0.15) is 44.5 Å². The van der Waals surface area contributed by atoms with Crippen LogP contribution in [0.15, 0.2) is 76.6 Å². The number of phenols is 1. The third-order valence-corrected chi connectivity index (χ3v) is 9.32. The standard InChI is InChI=1S/C37H39N5O8S/c1-20(33(45)40-25(32(38)44)19-24-23-14-10-11-15-26(23)42(36(47)48)31(24)37(2,3)4)41-34(46)29(51-35(41)39-22-12-8-7-9-13-22)18-21-16-27(49-5)30(43)28(17-21)50-6/h7-18,20,25,43H,19H2,1-6H3,(H2,38,44)(H,40,45)(H,47,48)/t20-,25-/m0/s1. The van der Waals surface area contributed by atoms with E-state index in [1.165, 1.54) is 42.7 Å². The van der Waals surface area contributed by atoms with E-state index in [-0.39, 0.29) is 33.7 Å². The second-order valence-corrected chi connectivity index (χ2v) is 13.9. The van der Waals surface area contributed by atoms with Gasteiger partial charge < -0.3 is 30.7 Å². The number of para-hydroxylation sites is 2. The molecule has 1 aliphatic heterocycles. The van der Waals surface area contributed by atoms with Gasteiger partial charge in [-0.15, -0.1) is 0 Å². The van der Waals surface area contributed by atoms with Crippen molar-refractivity contribution in [1.82, 2.24) is 14.8 Å². The number of nitrogens with one attached hydrogen (secondary N) is 1. The van der Waals surface area contributed by atoms with E-state index in [9.17, 15) is 29.4 Å². The highest BCUT2D eigenvalue weighted by Crippen LogP contribution is 2.41. The van der Waals surface area contributed by atoms with Crippen molar-refractivity contribution < 1.29 is 38.9 Å². The zero-order chi connectivity index (χ0) is 37.2. The largest absolute Gasteiger partial charge is 0.502 e. The summed E-state index contributed by atoms with van der Waals surface area (Å²) in [6.45, 7) is 7.11. The Morgan fingerprint density at radius 1 is 1.02 bits per heavy atom. The topological polar surface area (TPSA) is 186 Å². The fraction of sp³-hybridized carbons (Fsp3) is 0.270. The maximum atomic E-state index is 14.0. The number of primary amides is 1. The van der Waals surface area contributed by atoms with Gasteiger partial charge in [-0.3, -0.25) is 19.3 Å². The van der Waals surface area contributed by atoms with E-state index in [4.69, 9.17) is 15.2 Å². The molecule has 0 unspecified atom stereocenters. The van der Waals surface area contributed by atoms with E-state index in [1.807, 2.05) is 26.8 Å². The summed E-state index contributed by atoms with van der Waals surface area (Å²) in [5.41, 5.74) is 7.67. The number of hydrogen-bond acceptors (Lipinski definition) is 9. The molecule has 1 aliphatic rings. The molecule has 0 radical (unpaired) electrons. The Labute approximate surface area is 298 Å². The van der Waals surface area contributed by atoms with Crippen LogP contribution in [0, 0.1) is 0 Å². The number of amidine groups is 1. The van der Waals surface area contributed by atoms with Gasteiger partial charge in [0.15, 0.2) is 16.7 Å². The zero-order valence-corrected chi connectivity index (χ0v) is 29.8. The minimum Gasteiger partial charge on any atom is -0.502 e. The Bertz CT molecular complexity index is 2060. The molecule has 266 valence electrons. The fourth-order valence-corrected chi connectivity index (χ4v) is 7.07. The maximum Gasteiger partial charge on any atom is 0.416 e. The average molecular weight is 714 g/mol. The third-order valence-electron chi connectivity index (χ3n) is 8.33. The number of aliphatic imine (C=N–C) groups is 1. The van der Waals surface area contributed by atoms with Crippen LogP contribution in [-0.2, 0) is 26.2 Å². The number of fused-ring (bicyclic) bond motifs is 1. The van der Waals surface area contributed by atoms with Gasteiger partial charge >= 0.3 is 6.09 Å². The summed E-state index contributed by atoms with van der Waals surface area (Å²) in [7, 11) is 2.78. The van der Waals surface area contributed by atoms with E-state index in [2.05, 4.69) is 10.3 Å². The molecule has 4 aromatic rings. The van der Waals surface area contributed by atoms with Crippen molar-refractivity contribution in [2.75, 3.05) is 14.2 Å². The van der Waals surface area contributed by atoms with Crippen LogP contribution < -0.4 is 20.5 Å². The molecule has 51 heavy (non-hydrogen) atoms. The normalized spacial score (nSPS) is 16.0. The summed E-state index contributed by atoms with van der Waals surface area (Å²) in [4.78, 5) is 59.5. The van der Waals surface area contributed by atoms with Gasteiger partial charge in [0.05, 0.1) is 30.3 Å². The number of aromatic nitrogens is 1. The Hall–Kier alpha value is -5.76. The molecule has 14 heteroatoms. The van der Waals surface area contributed by atoms with Crippen LogP contribution in [0.2, 0.25) is 0 Å². The predicted molar refractivity (Wildman–Crippen MR) is 196 cm³/mol. The lowest BCUT2D eigenvalue weighted by Crippen LogP contribution is -2.53. The smallest absolute Gasteiger partial charge is 0.416 e. The second-order valence-electron chi connectivity index (χ2n) is 12.8. The van der Waals surface area contributed by atoms with Gasteiger partial charge in [0.25, 0.3) is 5.91 Å². The van der Waals surface area contributed by atoms with Gasteiger partial charge in [-0.05, 0) is 66.2 Å². The van der Waals surface area contributed by atoms with Crippen molar-refractivity contribution in [2.24, 2.45) is 10.7 Å². The van der Waals surface area contributed by atoms with Crippen molar-refractivity contribution in [3.63, 3.8) is 0 Å². The van der Waals surface area contributed by atoms with Gasteiger partial charge in [-0.1, -0.05) is 57.2 Å². The summed E-state index contributed by atoms with van der Waals surface area (Å²) in [5, 5.41) is 24.1. The van der Waals surface area contributed by atoms with Crippen molar-refractivity contribution in [3.05, 3.63) is 88.5 Å². The molecule has 5 rings (SSSR count). The lowest BCUT2D eigenvalue weighted by atomic mass is 9.86. The molecule has 0 spiro atoms. The molecule has 3 amide bonds. The van der Waals surface area contributed by atoms with Gasteiger partial charge in [-0.25, -0.2) is 14.4 Å². The number of carbonyl (C=O) groups is 4. The SMILES string of the molecule is COc1cc(C=C2SC(=Nc3ccccc3)N([C@@H](C)C(=O)N[C@@H](Cc3c(C(C)(C)C)n(C(=O)O)c4ccccc34)C(N)=O)C2=O)cc(OC)c1O. The summed E-state index contributed by atoms with van der Waals surface area (Å²) in [6, 6.07) is 16.5. The molecule has 2 atom stereocenters. The summed E-state index contributed by atoms with van der Waals surface area (Å²) in [6.07, 6.45) is 0.296. The summed E-state index contributed by atoms with van der Waals surface area (Å²) >= 11 is 1.05. The van der Waals surface area contributed by atoms with Gasteiger partial charge in [0.1, 0.15) is 12.1 Å². The molecule has 0 saturated carbocycles. The highest BCUT2D eigenvalue weighted by Gasteiger charge is 2.41. The second kappa shape index (κ2) is 14.6. The van der Waals surface area contributed by atoms with Crippen LogP contribution in [0.3, 0.4) is 0 Å². The molecule has 1 saturated heterocycles. The fourth-order valence-electron chi connectivity index (χ4n) is 6.00. The number of aromatic hydroxyl groups is 1. The highest BCUT2D eigenvalue weighted by atomic mass is 32.2. The lowest BCUT2D eigenvalue weighted by molar-refractivity contribution is -0.134. The number of phenolic OH excluding ortho intramolecular Hbond substituents is 1. The number of nitrogens with zero attached hydrogens (tertiary/aromatic N) is 3. The first kappa shape index (κ1) is 36.5. The van der Waals surface area contributed by atoms with Crippen LogP contribution >= 0.6 is 11.8 Å². The number of methoxy groups -OCH3 is 2. The minimum atomic E-state index is -1.25. The van der Waals surface area contributed by atoms with Gasteiger partial charge in [0.2, 0.25) is 17.6 Å². The minimum absolute atomic E-state index is 0.0927. The van der Waals surface area contributed by atoms with E-state index < -0.39 is 41.3 Å². The van der Waals surface area contributed by atoms with Crippen molar-refractivity contribution in [2.45, 2.75) is 51.6 Å². The van der Waals surface area contributed by atoms with Gasteiger partial charge in [-0.2, -0.15) is 0 Å². The molecular formula is C37H39N5O8S. The Kier molecular flexibility index (Phi) is 10.5. The Balaban J connectivity index is 1.51. The zero-order valence-electron chi connectivity index (χ0n) is 29.0. The summed E-state index contributed by atoms with van der Waals surface area (Å²) in [5.74, 6) is -1.97. The molecule has 1 aromatic heterocycles. The number of carboxylic acid groups (broad SMARTS) is 1. The number of nitrogens with two attached hydrogens (primary N) is 1. The Morgan fingerprint density at radius 2 is 1.63 bits per heavy atom. The van der Waals surface area contributed by atoms with Crippen molar-refractivity contribution in [1.29, 1.82) is 0 Å². The first-order chi connectivity index (χ1) is 24.2. The van der Waals surface area contributed by atoms with Crippen LogP contribution in [0.5, 0.6) is 17.2 Å². The number of benzene rings is 3. The molecule has 1 fully saturated rings. The van der Waals surface area contributed by atoms with E-state index >= 15 is 0 Å². The highest BCUT2D eigenvalue weighted by molar-refractivity contribution is 8.18. The number of carbonyl (C=O) groups excluding carboxylic acids is 3. The predicted octanol–water partition coefficient (Wildman–Crippen LogP) is 5.39. The van der Waals surface area contributed by atoms with Crippen molar-refractivity contribution >= 4 is 63.4 Å². The quantitative estimate of drug-likeness (QED) is 0.156. The third kappa shape index (κ3) is 7.41. The van der Waals surface area contributed by atoms with Gasteiger partial charge in [0, 0.05) is 22.9 Å². The molecule has 2 heterocycles. The first-order valence-corrected chi connectivity index (χ1v) is 16.8. The Morgan fingerprint density at radius 3 is 2.20 bits per heavy atom. The molecular weight excluding hydrogens is 675 g/mol. The number of rotatable bonds is 10. The first-order valence-electron chi connectivity index (χ1n) is 15.9. The number of hydrogen-bond donors (Lipinski definition) is 4. The molecule has 0 bridgehead atoms. The molecule has 13 nitrogen and oxygen atoms in total. The van der Waals surface area contributed by atoms with E-state index in [0.29, 0.717) is 33.4 Å². The van der Waals surface area contributed by atoms with E-state index in [1.54, 1.807) is 54.6 Å². The van der Waals surface area contributed by atoms with Crippen LogP contribution in [-0.4, -0.2) is 75.0 Å². The maximum absolute atomic E-state index is 14.0. The summed E-state index contributed by atoms with van der Waals surface area (Å²) < 4.78 is 11.7. The lowest BCUT2D eigenvalue weighted by Gasteiger charge is -2.26. The number of thioether (sulfide) groups is 1. The average Bonchev–Trinajstić information content (AvgIpc) is 3.58. The van der Waals surface area contributed by atoms with E-state index in [0.717, 1.165) is 11.8 Å². The molecule has 0 aliphatic carbocycles. The monoisotopic (exact) mass is 713 g/mol. The number of amides is 3. The van der Waals surface area contributed by atoms with Crippen LogP contribution in [0.25, 0.3) is 17.0 Å². The van der Waals surface area contributed by atoms with Crippen LogP contribution in [0.4, 0.5) is 10.5 Å². The molecule has 3 aromatic carbocycles.